The monoisotopic (exact) mass is 210 g/mol. The molecule has 0 aliphatic rings. The van der Waals surface area contributed by atoms with Crippen LogP contribution in [0.5, 0.6) is 0 Å². The highest BCUT2D eigenvalue weighted by Crippen LogP contribution is 1.96. The van der Waals surface area contributed by atoms with Gasteiger partial charge in [0.2, 0.25) is 5.91 Å². The molecule has 0 aromatic heterocycles. The predicted molar refractivity (Wildman–Crippen MR) is 61.2 cm³/mol. The van der Waals surface area contributed by atoms with Crippen LogP contribution in [-0.2, 0) is 4.79 Å². The molecule has 0 aliphatic carbocycles. The number of rotatable bonds is 3. The third-order valence-corrected chi connectivity index (χ3v) is 1.28. The van der Waals surface area contributed by atoms with E-state index in [9.17, 15) is 4.79 Å². The van der Waals surface area contributed by atoms with Gasteiger partial charge in [-0.2, -0.15) is 0 Å². The first-order valence-electron chi connectivity index (χ1n) is 4.63. The van der Waals surface area contributed by atoms with Crippen molar-refractivity contribution in [3.8, 4) is 12.3 Å². The van der Waals surface area contributed by atoms with Crippen LogP contribution >= 0.6 is 0 Å². The molecule has 0 aliphatic heterocycles. The number of guanidine groups is 1. The van der Waals surface area contributed by atoms with E-state index < -0.39 is 0 Å². The standard InChI is InChI=1S/C10H18N4O/c1-5-6-12-8(15)7-13-9(11)14-10(2,3)4/h1H,6-7H2,2-4H3,(H,12,15)(H3,11,13,14). The summed E-state index contributed by atoms with van der Waals surface area (Å²) in [7, 11) is 0. The fourth-order valence-corrected chi connectivity index (χ4v) is 0.786. The molecule has 0 heterocycles. The SMILES string of the molecule is C#CCNC(=O)CN=C(N)NC(C)(C)C. The Hall–Kier alpha value is -1.70. The molecule has 0 saturated heterocycles. The second-order valence-corrected chi connectivity index (χ2v) is 4.06. The van der Waals surface area contributed by atoms with Crippen molar-refractivity contribution in [2.45, 2.75) is 26.3 Å². The summed E-state index contributed by atoms with van der Waals surface area (Å²) < 4.78 is 0. The Morgan fingerprint density at radius 2 is 2.13 bits per heavy atom. The number of carbonyl (C=O) groups excluding carboxylic acids is 1. The molecule has 0 atom stereocenters. The van der Waals surface area contributed by atoms with Gasteiger partial charge in [0, 0.05) is 5.54 Å². The molecule has 0 aromatic carbocycles. The quantitative estimate of drug-likeness (QED) is 0.332. The Kier molecular flexibility index (Phi) is 5.24. The molecule has 0 rings (SSSR count). The van der Waals surface area contributed by atoms with Crippen LogP contribution in [-0.4, -0.2) is 30.5 Å². The van der Waals surface area contributed by atoms with Crippen LogP contribution in [0.25, 0.3) is 0 Å². The van der Waals surface area contributed by atoms with Gasteiger partial charge in [0.25, 0.3) is 0 Å². The van der Waals surface area contributed by atoms with E-state index in [4.69, 9.17) is 12.2 Å². The highest BCUT2D eigenvalue weighted by atomic mass is 16.1. The molecule has 5 heteroatoms. The Balaban J connectivity index is 3.96. The van der Waals surface area contributed by atoms with E-state index in [0.29, 0.717) is 0 Å². The molecule has 0 aromatic rings. The van der Waals surface area contributed by atoms with Gasteiger partial charge in [-0.3, -0.25) is 4.79 Å². The first-order chi connectivity index (χ1) is 6.85. The molecule has 1 amide bonds. The van der Waals surface area contributed by atoms with Gasteiger partial charge in [0.1, 0.15) is 6.54 Å². The molecule has 84 valence electrons. The van der Waals surface area contributed by atoms with Gasteiger partial charge in [0.15, 0.2) is 5.96 Å². The lowest BCUT2D eigenvalue weighted by molar-refractivity contribution is -0.119. The number of aliphatic imine (C=N–C) groups is 1. The second-order valence-electron chi connectivity index (χ2n) is 4.06. The Morgan fingerprint density at radius 3 is 2.60 bits per heavy atom. The van der Waals surface area contributed by atoms with Crippen molar-refractivity contribution in [3.05, 3.63) is 0 Å². The van der Waals surface area contributed by atoms with E-state index in [-0.39, 0.29) is 30.5 Å². The van der Waals surface area contributed by atoms with Crippen LogP contribution < -0.4 is 16.4 Å². The highest BCUT2D eigenvalue weighted by Gasteiger charge is 2.09. The lowest BCUT2D eigenvalue weighted by Crippen LogP contribution is -2.45. The van der Waals surface area contributed by atoms with Crippen molar-refractivity contribution in [1.29, 1.82) is 0 Å². The molecule has 0 unspecified atom stereocenters. The molecular formula is C10H18N4O. The van der Waals surface area contributed by atoms with Crippen LogP contribution in [0.1, 0.15) is 20.8 Å². The minimum absolute atomic E-state index is 0.0173. The van der Waals surface area contributed by atoms with Gasteiger partial charge in [-0.05, 0) is 20.8 Å². The normalized spacial score (nSPS) is 11.7. The Morgan fingerprint density at radius 1 is 1.53 bits per heavy atom. The number of nitrogens with two attached hydrogens (primary N) is 1. The zero-order valence-electron chi connectivity index (χ0n) is 9.42. The second kappa shape index (κ2) is 5.91. The van der Waals surface area contributed by atoms with Gasteiger partial charge in [-0.15, -0.1) is 6.42 Å². The molecule has 0 radical (unpaired) electrons. The highest BCUT2D eigenvalue weighted by molar-refractivity contribution is 5.84. The maximum Gasteiger partial charge on any atom is 0.242 e. The van der Waals surface area contributed by atoms with Crippen molar-refractivity contribution >= 4 is 11.9 Å². The van der Waals surface area contributed by atoms with E-state index in [1.807, 2.05) is 20.8 Å². The summed E-state index contributed by atoms with van der Waals surface area (Å²) in [6, 6.07) is 0. The Labute approximate surface area is 90.5 Å². The summed E-state index contributed by atoms with van der Waals surface area (Å²) >= 11 is 0. The summed E-state index contributed by atoms with van der Waals surface area (Å²) in [5.74, 6) is 2.30. The van der Waals surface area contributed by atoms with Crippen molar-refractivity contribution in [2.24, 2.45) is 10.7 Å². The van der Waals surface area contributed by atoms with Crippen LogP contribution in [0.2, 0.25) is 0 Å². The minimum atomic E-state index is -0.244. The molecule has 15 heavy (non-hydrogen) atoms. The van der Waals surface area contributed by atoms with Gasteiger partial charge < -0.3 is 16.4 Å². The van der Waals surface area contributed by atoms with Gasteiger partial charge in [0.05, 0.1) is 6.54 Å². The maximum atomic E-state index is 11.1. The minimum Gasteiger partial charge on any atom is -0.370 e. The zero-order valence-corrected chi connectivity index (χ0v) is 9.42. The third-order valence-electron chi connectivity index (χ3n) is 1.28. The largest absolute Gasteiger partial charge is 0.370 e. The summed E-state index contributed by atoms with van der Waals surface area (Å²) in [5, 5.41) is 5.42. The predicted octanol–water partition coefficient (Wildman–Crippen LogP) is -0.561. The lowest BCUT2D eigenvalue weighted by Gasteiger charge is -2.20. The molecule has 0 bridgehead atoms. The molecule has 0 spiro atoms. The summed E-state index contributed by atoms with van der Waals surface area (Å²) in [5.41, 5.74) is 5.39. The number of nitrogens with zero attached hydrogens (tertiary/aromatic N) is 1. The van der Waals surface area contributed by atoms with E-state index in [2.05, 4.69) is 21.5 Å². The molecule has 0 saturated carbocycles. The summed E-state index contributed by atoms with van der Waals surface area (Å²) in [6.45, 7) is 6.05. The smallest absolute Gasteiger partial charge is 0.242 e. The van der Waals surface area contributed by atoms with Gasteiger partial charge in [-0.25, -0.2) is 4.99 Å². The summed E-state index contributed by atoms with van der Waals surface area (Å²) in [4.78, 5) is 14.9. The number of nitrogens with one attached hydrogen (secondary N) is 2. The van der Waals surface area contributed by atoms with Gasteiger partial charge in [-0.1, -0.05) is 5.92 Å². The number of hydrogen-bond donors (Lipinski definition) is 3. The maximum absolute atomic E-state index is 11.1. The van der Waals surface area contributed by atoms with Crippen LogP contribution in [0, 0.1) is 12.3 Å². The van der Waals surface area contributed by atoms with Crippen molar-refractivity contribution < 1.29 is 4.79 Å². The fourth-order valence-electron chi connectivity index (χ4n) is 0.786. The number of carbonyl (C=O) groups is 1. The van der Waals surface area contributed by atoms with E-state index in [1.165, 1.54) is 0 Å². The average molecular weight is 210 g/mol. The molecular weight excluding hydrogens is 192 g/mol. The third kappa shape index (κ3) is 8.63. The van der Waals surface area contributed by atoms with E-state index in [0.717, 1.165) is 0 Å². The van der Waals surface area contributed by atoms with E-state index in [1.54, 1.807) is 0 Å². The van der Waals surface area contributed by atoms with Crippen LogP contribution in [0.4, 0.5) is 0 Å². The summed E-state index contributed by atoms with van der Waals surface area (Å²) in [6.07, 6.45) is 4.98. The fraction of sp³-hybridized carbons (Fsp3) is 0.600. The first-order valence-corrected chi connectivity index (χ1v) is 4.63. The molecule has 5 nitrogen and oxygen atoms in total. The number of terminal acetylenes is 1. The molecule has 0 fully saturated rings. The van der Waals surface area contributed by atoms with Crippen molar-refractivity contribution in [3.63, 3.8) is 0 Å². The molecule has 4 N–H and O–H groups in total. The van der Waals surface area contributed by atoms with Crippen molar-refractivity contribution in [1.82, 2.24) is 10.6 Å². The van der Waals surface area contributed by atoms with E-state index >= 15 is 0 Å². The Bertz CT molecular complexity index is 283. The number of amides is 1. The van der Waals surface area contributed by atoms with Crippen molar-refractivity contribution in [2.75, 3.05) is 13.1 Å². The first kappa shape index (κ1) is 13.3. The topological polar surface area (TPSA) is 79.5 Å². The van der Waals surface area contributed by atoms with Crippen LogP contribution in [0.3, 0.4) is 0 Å². The average Bonchev–Trinajstić information content (AvgIpc) is 2.08. The van der Waals surface area contributed by atoms with Gasteiger partial charge >= 0.3 is 0 Å². The lowest BCUT2D eigenvalue weighted by atomic mass is 10.1. The van der Waals surface area contributed by atoms with Crippen LogP contribution in [0.15, 0.2) is 4.99 Å². The number of hydrogen-bond acceptors (Lipinski definition) is 2. The zero-order chi connectivity index (χ0) is 11.9.